The molecule has 0 saturated heterocycles. The Bertz CT molecular complexity index is 913. The van der Waals surface area contributed by atoms with Gasteiger partial charge in [0.05, 0.1) is 23.3 Å². The third-order valence-electron chi connectivity index (χ3n) is 3.95. The first kappa shape index (κ1) is 17.3. The Morgan fingerprint density at radius 2 is 2.16 bits per heavy atom. The van der Waals surface area contributed by atoms with Gasteiger partial charge in [0, 0.05) is 25.2 Å². The molecule has 0 atom stereocenters. The van der Waals surface area contributed by atoms with Gasteiger partial charge in [-0.1, -0.05) is 25.4 Å². The number of carbonyl (C=O) groups excluding carboxylic acids is 1. The number of anilines is 1. The van der Waals surface area contributed by atoms with Crippen molar-refractivity contribution < 1.29 is 4.79 Å². The van der Waals surface area contributed by atoms with Crippen LogP contribution in [-0.4, -0.2) is 37.7 Å². The standard InChI is InChI=1S/C17H21ClN6O/c1-10(2)13-8-16(24(4)22-13)21-17(25)23(3)9-15-19-12-6-5-11(18)7-14(12)20-15/h5-8,10H,9H2,1-4H3,(H,19,20)(H,21,25). The molecule has 0 spiro atoms. The van der Waals surface area contributed by atoms with Gasteiger partial charge in [0.15, 0.2) is 0 Å². The predicted octanol–water partition coefficient (Wildman–Crippen LogP) is 3.74. The molecule has 2 aromatic heterocycles. The number of rotatable bonds is 4. The topological polar surface area (TPSA) is 78.8 Å². The van der Waals surface area contributed by atoms with Gasteiger partial charge in [-0.15, -0.1) is 0 Å². The number of hydrogen-bond acceptors (Lipinski definition) is 3. The number of nitrogens with zero attached hydrogens (tertiary/aromatic N) is 4. The van der Waals surface area contributed by atoms with Gasteiger partial charge in [-0.25, -0.2) is 9.78 Å². The van der Waals surface area contributed by atoms with E-state index in [0.717, 1.165) is 16.7 Å². The van der Waals surface area contributed by atoms with Gasteiger partial charge in [0.1, 0.15) is 11.6 Å². The molecule has 0 aliphatic rings. The number of halogens is 1. The number of urea groups is 1. The van der Waals surface area contributed by atoms with E-state index in [9.17, 15) is 4.79 Å². The number of amides is 2. The zero-order valence-electron chi connectivity index (χ0n) is 14.7. The molecule has 8 heteroatoms. The highest BCUT2D eigenvalue weighted by atomic mass is 35.5. The lowest BCUT2D eigenvalue weighted by molar-refractivity contribution is 0.219. The first-order valence-corrected chi connectivity index (χ1v) is 8.41. The van der Waals surface area contributed by atoms with Crippen LogP contribution in [0.3, 0.4) is 0 Å². The molecule has 132 valence electrons. The molecule has 3 rings (SSSR count). The minimum absolute atomic E-state index is 0.225. The lowest BCUT2D eigenvalue weighted by Crippen LogP contribution is -2.31. The van der Waals surface area contributed by atoms with E-state index in [2.05, 4.69) is 34.2 Å². The summed E-state index contributed by atoms with van der Waals surface area (Å²) in [6.45, 7) is 4.48. The smallest absolute Gasteiger partial charge is 0.323 e. The Hall–Kier alpha value is -2.54. The molecular formula is C17H21ClN6O. The fourth-order valence-corrected chi connectivity index (χ4v) is 2.67. The quantitative estimate of drug-likeness (QED) is 0.743. The van der Waals surface area contributed by atoms with E-state index >= 15 is 0 Å². The molecule has 0 saturated carbocycles. The molecule has 0 unspecified atom stereocenters. The molecule has 1 aromatic carbocycles. The van der Waals surface area contributed by atoms with Gasteiger partial charge in [-0.05, 0) is 24.1 Å². The lowest BCUT2D eigenvalue weighted by Gasteiger charge is -2.16. The van der Waals surface area contributed by atoms with Gasteiger partial charge < -0.3 is 9.88 Å². The zero-order chi connectivity index (χ0) is 18.1. The summed E-state index contributed by atoms with van der Waals surface area (Å²) in [4.78, 5) is 21.6. The number of fused-ring (bicyclic) bond motifs is 1. The summed E-state index contributed by atoms with van der Waals surface area (Å²) in [5, 5.41) is 7.91. The van der Waals surface area contributed by atoms with Crippen LogP contribution in [0.15, 0.2) is 24.3 Å². The number of carbonyl (C=O) groups is 1. The van der Waals surface area contributed by atoms with Crippen LogP contribution in [0.4, 0.5) is 10.6 Å². The minimum Gasteiger partial charge on any atom is -0.340 e. The summed E-state index contributed by atoms with van der Waals surface area (Å²) in [5.41, 5.74) is 2.61. The summed E-state index contributed by atoms with van der Waals surface area (Å²) in [7, 11) is 3.53. The molecule has 2 heterocycles. The van der Waals surface area contributed by atoms with E-state index < -0.39 is 0 Å². The highest BCUT2D eigenvalue weighted by Crippen LogP contribution is 2.19. The number of nitrogens with one attached hydrogen (secondary N) is 2. The molecule has 7 nitrogen and oxygen atoms in total. The largest absolute Gasteiger partial charge is 0.340 e. The van der Waals surface area contributed by atoms with Crippen molar-refractivity contribution in [2.75, 3.05) is 12.4 Å². The maximum absolute atomic E-state index is 12.4. The molecule has 0 fully saturated rings. The van der Waals surface area contributed by atoms with Crippen LogP contribution in [0.25, 0.3) is 11.0 Å². The van der Waals surface area contributed by atoms with Gasteiger partial charge in [0.25, 0.3) is 0 Å². The van der Waals surface area contributed by atoms with Crippen molar-refractivity contribution in [3.8, 4) is 0 Å². The number of aromatic amines is 1. The first-order chi connectivity index (χ1) is 11.8. The molecule has 25 heavy (non-hydrogen) atoms. The van der Waals surface area contributed by atoms with Crippen molar-refractivity contribution in [3.63, 3.8) is 0 Å². The van der Waals surface area contributed by atoms with Crippen LogP contribution < -0.4 is 5.32 Å². The van der Waals surface area contributed by atoms with Gasteiger partial charge in [-0.2, -0.15) is 5.10 Å². The van der Waals surface area contributed by atoms with Crippen LogP contribution in [0.1, 0.15) is 31.3 Å². The molecular weight excluding hydrogens is 340 g/mol. The molecule has 0 aliphatic carbocycles. The van der Waals surface area contributed by atoms with Crippen LogP contribution in [0.5, 0.6) is 0 Å². The Kier molecular flexibility index (Phi) is 4.67. The van der Waals surface area contributed by atoms with Crippen molar-refractivity contribution in [2.45, 2.75) is 26.3 Å². The molecule has 0 bridgehead atoms. The summed E-state index contributed by atoms with van der Waals surface area (Å²) in [6.07, 6.45) is 0. The molecule has 3 aromatic rings. The normalized spacial score (nSPS) is 11.3. The van der Waals surface area contributed by atoms with Gasteiger partial charge in [-0.3, -0.25) is 10.00 Å². The lowest BCUT2D eigenvalue weighted by atomic mass is 10.1. The van der Waals surface area contributed by atoms with E-state index in [1.807, 2.05) is 25.2 Å². The Balaban J connectivity index is 1.69. The summed E-state index contributed by atoms with van der Waals surface area (Å²) in [6, 6.07) is 7.12. The van der Waals surface area contributed by atoms with Crippen LogP contribution >= 0.6 is 11.6 Å². The average Bonchev–Trinajstić information content (AvgIpc) is 3.10. The number of H-pyrrole nitrogens is 1. The number of aromatic nitrogens is 4. The monoisotopic (exact) mass is 360 g/mol. The third-order valence-corrected chi connectivity index (χ3v) is 4.19. The van der Waals surface area contributed by atoms with Crippen LogP contribution in [-0.2, 0) is 13.6 Å². The number of benzene rings is 1. The Morgan fingerprint density at radius 3 is 2.84 bits per heavy atom. The van der Waals surface area contributed by atoms with Crippen molar-refractivity contribution in [1.29, 1.82) is 0 Å². The number of imidazole rings is 1. The molecule has 0 aliphatic heterocycles. The SMILES string of the molecule is CC(C)c1cc(NC(=O)N(C)Cc2nc3ccc(Cl)cc3[nH]2)n(C)n1. The Labute approximate surface area is 151 Å². The van der Waals surface area contributed by atoms with Crippen LogP contribution in [0.2, 0.25) is 5.02 Å². The van der Waals surface area contributed by atoms with Crippen molar-refractivity contribution in [1.82, 2.24) is 24.6 Å². The molecule has 2 amide bonds. The first-order valence-electron chi connectivity index (χ1n) is 8.03. The fourth-order valence-electron chi connectivity index (χ4n) is 2.50. The number of hydrogen-bond donors (Lipinski definition) is 2. The van der Waals surface area contributed by atoms with Gasteiger partial charge >= 0.3 is 6.03 Å². The molecule has 2 N–H and O–H groups in total. The highest BCUT2D eigenvalue weighted by Gasteiger charge is 2.15. The minimum atomic E-state index is -0.225. The second-order valence-electron chi connectivity index (χ2n) is 6.36. The summed E-state index contributed by atoms with van der Waals surface area (Å²) >= 11 is 5.98. The molecule has 0 radical (unpaired) electrons. The Morgan fingerprint density at radius 1 is 1.40 bits per heavy atom. The zero-order valence-corrected chi connectivity index (χ0v) is 15.4. The second-order valence-corrected chi connectivity index (χ2v) is 6.80. The van der Waals surface area contributed by atoms with Crippen molar-refractivity contribution in [2.24, 2.45) is 7.05 Å². The van der Waals surface area contributed by atoms with Gasteiger partial charge in [0.2, 0.25) is 0 Å². The van der Waals surface area contributed by atoms with Crippen molar-refractivity contribution in [3.05, 3.63) is 40.8 Å². The van der Waals surface area contributed by atoms with E-state index in [1.165, 1.54) is 0 Å². The summed E-state index contributed by atoms with van der Waals surface area (Å²) < 4.78 is 1.67. The highest BCUT2D eigenvalue weighted by molar-refractivity contribution is 6.31. The second kappa shape index (κ2) is 6.76. The number of aryl methyl sites for hydroxylation is 1. The van der Waals surface area contributed by atoms with E-state index in [0.29, 0.717) is 29.1 Å². The summed E-state index contributed by atoms with van der Waals surface area (Å²) in [5.74, 6) is 1.66. The van der Waals surface area contributed by atoms with E-state index in [1.54, 1.807) is 22.7 Å². The third kappa shape index (κ3) is 3.76. The van der Waals surface area contributed by atoms with Crippen molar-refractivity contribution >= 4 is 34.5 Å². The maximum atomic E-state index is 12.4. The average molecular weight is 361 g/mol. The maximum Gasteiger partial charge on any atom is 0.323 e. The van der Waals surface area contributed by atoms with E-state index in [4.69, 9.17) is 11.6 Å². The van der Waals surface area contributed by atoms with E-state index in [-0.39, 0.29) is 6.03 Å². The fraction of sp³-hybridized carbons (Fsp3) is 0.353. The van der Waals surface area contributed by atoms with Crippen LogP contribution in [0, 0.1) is 0 Å². The predicted molar refractivity (Wildman–Crippen MR) is 98.9 cm³/mol.